The number of nitrogens with two attached hydrogens (primary N) is 1. The summed E-state index contributed by atoms with van der Waals surface area (Å²) in [4.78, 5) is 13.0. The van der Waals surface area contributed by atoms with Gasteiger partial charge < -0.3 is 16.4 Å². The molecule has 1 aliphatic carbocycles. The van der Waals surface area contributed by atoms with Crippen LogP contribution < -0.4 is 16.4 Å². The van der Waals surface area contributed by atoms with Crippen molar-refractivity contribution in [2.24, 2.45) is 5.92 Å². The van der Waals surface area contributed by atoms with E-state index in [1.807, 2.05) is 38.6 Å². The minimum Gasteiger partial charge on any atom is -0.397 e. The highest BCUT2D eigenvalue weighted by Crippen LogP contribution is 2.38. The Balaban J connectivity index is 1.58. The molecule has 0 bridgehead atoms. The van der Waals surface area contributed by atoms with Gasteiger partial charge in [-0.25, -0.2) is 4.39 Å². The zero-order chi connectivity index (χ0) is 28.8. The average Bonchev–Trinajstić information content (AvgIpc) is 3.80. The van der Waals surface area contributed by atoms with Crippen molar-refractivity contribution in [2.45, 2.75) is 72.4 Å². The van der Waals surface area contributed by atoms with Crippen molar-refractivity contribution in [3.8, 4) is 0 Å². The lowest BCUT2D eigenvalue weighted by molar-refractivity contribution is -0.115. The summed E-state index contributed by atoms with van der Waals surface area (Å²) in [6, 6.07) is 15.7. The summed E-state index contributed by atoms with van der Waals surface area (Å²) in [6.07, 6.45) is 7.35. The number of carbonyl (C=O) groups excluding carboxylic acids is 1. The average molecular weight is 541 g/mol. The molecule has 3 aromatic rings. The van der Waals surface area contributed by atoms with Crippen LogP contribution in [0.4, 0.5) is 15.8 Å². The molecule has 1 radical (unpaired) electrons. The van der Waals surface area contributed by atoms with Crippen molar-refractivity contribution in [2.75, 3.05) is 18.1 Å². The topological polar surface area (TPSA) is 67.2 Å². The fraction of sp³-hybridized carbons (Fsp3) is 0.371. The van der Waals surface area contributed by atoms with Gasteiger partial charge in [0.2, 0.25) is 0 Å². The molecule has 0 aliphatic heterocycles. The minimum atomic E-state index is -0.197. The van der Waals surface area contributed by atoms with Gasteiger partial charge in [0.05, 0.1) is 11.4 Å². The highest BCUT2D eigenvalue weighted by Gasteiger charge is 2.26. The van der Waals surface area contributed by atoms with Gasteiger partial charge >= 0.3 is 0 Å². The number of aryl methyl sites for hydroxylation is 1. The summed E-state index contributed by atoms with van der Waals surface area (Å²) in [5.74, 6) is 0.450. The molecule has 4 N–H and O–H groups in total. The summed E-state index contributed by atoms with van der Waals surface area (Å²) < 4.78 is 14.2. The molecule has 5 heteroatoms. The second-order valence-corrected chi connectivity index (χ2v) is 11.0. The molecule has 0 saturated carbocycles. The third kappa shape index (κ3) is 7.00. The number of nitrogen functional groups attached to an aromatic ring is 1. The zero-order valence-electron chi connectivity index (χ0n) is 24.5. The van der Waals surface area contributed by atoms with Gasteiger partial charge in [-0.05, 0) is 88.9 Å². The molecular formula is C35H43FN3O. The molecule has 0 saturated heterocycles. The number of ketones is 1. The second-order valence-electron chi connectivity index (χ2n) is 11.0. The van der Waals surface area contributed by atoms with Crippen LogP contribution >= 0.6 is 0 Å². The van der Waals surface area contributed by atoms with Crippen LogP contribution in [0.5, 0.6) is 0 Å². The third-order valence-corrected chi connectivity index (χ3v) is 8.48. The molecule has 0 fully saturated rings. The summed E-state index contributed by atoms with van der Waals surface area (Å²) >= 11 is 0. The maximum Gasteiger partial charge on any atom is 0.160 e. The number of allylic oxidation sites excluding steroid dienone is 2. The monoisotopic (exact) mass is 540 g/mol. The van der Waals surface area contributed by atoms with Gasteiger partial charge in [0.1, 0.15) is 5.82 Å². The first-order valence-corrected chi connectivity index (χ1v) is 14.5. The fourth-order valence-electron chi connectivity index (χ4n) is 5.56. The summed E-state index contributed by atoms with van der Waals surface area (Å²) in [6.45, 7) is 9.83. The van der Waals surface area contributed by atoms with Crippen molar-refractivity contribution in [1.82, 2.24) is 5.32 Å². The first-order valence-electron chi connectivity index (χ1n) is 14.5. The van der Waals surface area contributed by atoms with Gasteiger partial charge in [0.25, 0.3) is 0 Å². The molecule has 4 rings (SSSR count). The molecule has 1 aliphatic rings. The van der Waals surface area contributed by atoms with E-state index in [9.17, 15) is 9.18 Å². The standard InChI is InChI=1S/C35H43FN3O/c1-6-24(7-2)16-26-12-13-30(36)18-29(26)21-39-20-28-17-27(9-8-22(28)3)32(19-34(40)25-10-11-25)31-14-15-33(38-5)35(37)23(31)4/h8-15,17-18,24,32,38-39H,6-7,16,19-21,37H2,1-5H3. The molecule has 0 aromatic heterocycles. The Labute approximate surface area is 239 Å². The molecule has 0 heterocycles. The largest absolute Gasteiger partial charge is 0.397 e. The molecule has 3 aromatic carbocycles. The lowest BCUT2D eigenvalue weighted by atomic mass is 9.82. The Bertz CT molecular complexity index is 1390. The van der Waals surface area contributed by atoms with E-state index in [0.29, 0.717) is 31.1 Å². The van der Waals surface area contributed by atoms with Crippen LogP contribution in [-0.2, 0) is 24.3 Å². The summed E-state index contributed by atoms with van der Waals surface area (Å²) in [5, 5.41) is 6.72. The lowest BCUT2D eigenvalue weighted by Crippen LogP contribution is -2.17. The van der Waals surface area contributed by atoms with Crippen molar-refractivity contribution in [3.63, 3.8) is 0 Å². The Morgan fingerprint density at radius 2 is 1.68 bits per heavy atom. The zero-order valence-corrected chi connectivity index (χ0v) is 24.5. The van der Waals surface area contributed by atoms with Crippen LogP contribution in [-0.4, -0.2) is 12.8 Å². The van der Waals surface area contributed by atoms with E-state index in [2.05, 4.69) is 55.7 Å². The summed E-state index contributed by atoms with van der Waals surface area (Å²) in [7, 11) is 1.86. The van der Waals surface area contributed by atoms with E-state index in [1.165, 1.54) is 16.7 Å². The van der Waals surface area contributed by atoms with E-state index in [-0.39, 0.29) is 17.5 Å². The molecular weight excluding hydrogens is 497 g/mol. The number of Topliss-reactive ketones (excluding diaryl/α,β-unsaturated/α-hetero) is 1. The van der Waals surface area contributed by atoms with Crippen molar-refractivity contribution >= 4 is 17.2 Å². The molecule has 4 nitrogen and oxygen atoms in total. The number of nitrogens with one attached hydrogen (secondary N) is 2. The van der Waals surface area contributed by atoms with E-state index in [1.54, 1.807) is 12.1 Å². The van der Waals surface area contributed by atoms with E-state index >= 15 is 0 Å². The molecule has 40 heavy (non-hydrogen) atoms. The third-order valence-electron chi connectivity index (χ3n) is 8.48. The Hall–Kier alpha value is -3.44. The summed E-state index contributed by atoms with van der Waals surface area (Å²) in [5.41, 5.74) is 16.6. The number of rotatable bonds is 14. The van der Waals surface area contributed by atoms with Crippen molar-refractivity contribution in [1.29, 1.82) is 0 Å². The predicted octanol–water partition coefficient (Wildman–Crippen LogP) is 7.57. The molecule has 0 spiro atoms. The molecule has 0 amide bonds. The second kappa shape index (κ2) is 13.3. The number of halogens is 1. The predicted molar refractivity (Wildman–Crippen MR) is 165 cm³/mol. The van der Waals surface area contributed by atoms with Crippen LogP contribution in [0.25, 0.3) is 0 Å². The Morgan fingerprint density at radius 3 is 2.35 bits per heavy atom. The Kier molecular flexibility index (Phi) is 9.80. The van der Waals surface area contributed by atoms with Crippen molar-refractivity contribution < 1.29 is 9.18 Å². The quantitative estimate of drug-likeness (QED) is 0.185. The first-order chi connectivity index (χ1) is 19.2. The van der Waals surface area contributed by atoms with Gasteiger partial charge in [-0.3, -0.25) is 4.79 Å². The van der Waals surface area contributed by atoms with Crippen molar-refractivity contribution in [3.05, 3.63) is 111 Å². The van der Waals surface area contributed by atoms with Crippen LogP contribution in [0.2, 0.25) is 0 Å². The Morgan fingerprint density at radius 1 is 0.950 bits per heavy atom. The van der Waals surface area contributed by atoms with Crippen LogP contribution in [0.3, 0.4) is 0 Å². The highest BCUT2D eigenvalue weighted by atomic mass is 19.1. The lowest BCUT2D eigenvalue weighted by Gasteiger charge is -2.23. The van der Waals surface area contributed by atoms with Gasteiger partial charge in [0, 0.05) is 38.9 Å². The first kappa shape index (κ1) is 29.5. The van der Waals surface area contributed by atoms with Crippen LogP contribution in [0, 0.1) is 32.0 Å². The van der Waals surface area contributed by atoms with Crippen LogP contribution in [0.1, 0.15) is 78.0 Å². The molecule has 211 valence electrons. The molecule has 1 unspecified atom stereocenters. The number of anilines is 2. The smallest absolute Gasteiger partial charge is 0.160 e. The van der Waals surface area contributed by atoms with E-state index in [4.69, 9.17) is 5.73 Å². The van der Waals surface area contributed by atoms with Gasteiger partial charge in [0.15, 0.2) is 5.78 Å². The van der Waals surface area contributed by atoms with E-state index < -0.39 is 0 Å². The maximum absolute atomic E-state index is 14.2. The van der Waals surface area contributed by atoms with Crippen LogP contribution in [0.15, 0.2) is 60.2 Å². The highest BCUT2D eigenvalue weighted by molar-refractivity contribution is 6.03. The number of carbonyl (C=O) groups is 1. The van der Waals surface area contributed by atoms with E-state index in [0.717, 1.165) is 52.8 Å². The normalized spacial score (nSPS) is 13.3. The maximum atomic E-state index is 14.2. The molecule has 1 atom stereocenters. The number of benzene rings is 3. The number of hydrogen-bond donors (Lipinski definition) is 3. The minimum absolute atomic E-state index is 0.107. The van der Waals surface area contributed by atoms with Gasteiger partial charge in [-0.2, -0.15) is 0 Å². The fourth-order valence-corrected chi connectivity index (χ4v) is 5.56. The number of hydrogen-bond acceptors (Lipinski definition) is 4. The van der Waals surface area contributed by atoms with Gasteiger partial charge in [-0.15, -0.1) is 0 Å². The van der Waals surface area contributed by atoms with Gasteiger partial charge in [-0.1, -0.05) is 63.1 Å². The SMILES string of the molecule is CCC(CC)Cc1ccc(F)cc1CNCc1cc(C(CC(=O)C2=C[CH]2)c2ccc(NC)c(N)c2C)ccc1C.